The Hall–Kier alpha value is -2.83. The Morgan fingerprint density at radius 1 is 1.23 bits per heavy atom. The standard InChI is InChI=1S/C19H20F2N4O/c1-4-13-5-7-14(8-6-13)23-16(26)10-25-19-17(12(3)24-25)15(18(20)21)9-11(2)22-19/h5-9,18H,4,10H2,1-3H3,(H,23,26). The maximum absolute atomic E-state index is 13.3. The van der Waals surface area contributed by atoms with E-state index in [2.05, 4.69) is 22.3 Å². The van der Waals surface area contributed by atoms with E-state index in [4.69, 9.17) is 0 Å². The molecule has 0 spiro atoms. The third kappa shape index (κ3) is 3.56. The number of rotatable bonds is 5. The SMILES string of the molecule is CCc1ccc(NC(=O)Cn2nc(C)c3c(C(F)F)cc(C)nc32)cc1. The zero-order valence-corrected chi connectivity index (χ0v) is 14.9. The van der Waals surface area contributed by atoms with Gasteiger partial charge in [0.15, 0.2) is 5.65 Å². The van der Waals surface area contributed by atoms with Gasteiger partial charge in [-0.25, -0.2) is 18.4 Å². The van der Waals surface area contributed by atoms with Crippen molar-refractivity contribution in [2.45, 2.75) is 40.2 Å². The third-order valence-electron chi connectivity index (χ3n) is 4.21. The first-order valence-corrected chi connectivity index (χ1v) is 8.40. The fourth-order valence-electron chi connectivity index (χ4n) is 2.96. The predicted octanol–water partition coefficient (Wildman–Crippen LogP) is 4.19. The molecule has 0 unspecified atom stereocenters. The quantitative estimate of drug-likeness (QED) is 0.744. The number of fused-ring (bicyclic) bond motifs is 1. The van der Waals surface area contributed by atoms with Crippen LogP contribution in [0.3, 0.4) is 0 Å². The zero-order chi connectivity index (χ0) is 18.8. The largest absolute Gasteiger partial charge is 0.324 e. The molecule has 0 atom stereocenters. The van der Waals surface area contributed by atoms with E-state index in [1.165, 1.54) is 16.3 Å². The van der Waals surface area contributed by atoms with E-state index in [1.807, 2.05) is 24.3 Å². The summed E-state index contributed by atoms with van der Waals surface area (Å²) < 4.78 is 28.0. The van der Waals surface area contributed by atoms with Crippen molar-refractivity contribution in [1.82, 2.24) is 14.8 Å². The van der Waals surface area contributed by atoms with Gasteiger partial charge in [-0.3, -0.25) is 4.79 Å². The summed E-state index contributed by atoms with van der Waals surface area (Å²) in [6.45, 7) is 5.25. The number of anilines is 1. The molecule has 3 rings (SSSR count). The molecule has 1 amide bonds. The third-order valence-corrected chi connectivity index (χ3v) is 4.21. The number of carbonyl (C=O) groups is 1. The minimum Gasteiger partial charge on any atom is -0.324 e. The lowest BCUT2D eigenvalue weighted by molar-refractivity contribution is -0.116. The minimum absolute atomic E-state index is 0.0982. The summed E-state index contributed by atoms with van der Waals surface area (Å²) in [5.41, 5.74) is 2.95. The van der Waals surface area contributed by atoms with Crippen molar-refractivity contribution in [2.24, 2.45) is 0 Å². The number of nitrogens with zero attached hydrogens (tertiary/aromatic N) is 3. The van der Waals surface area contributed by atoms with Gasteiger partial charge in [-0.15, -0.1) is 0 Å². The summed E-state index contributed by atoms with van der Waals surface area (Å²) in [7, 11) is 0. The molecule has 0 saturated carbocycles. The van der Waals surface area contributed by atoms with Crippen LogP contribution in [-0.2, 0) is 17.8 Å². The van der Waals surface area contributed by atoms with Gasteiger partial charge in [0, 0.05) is 16.9 Å². The number of pyridine rings is 1. The van der Waals surface area contributed by atoms with Gasteiger partial charge >= 0.3 is 0 Å². The monoisotopic (exact) mass is 358 g/mol. The van der Waals surface area contributed by atoms with Crippen LogP contribution in [0.4, 0.5) is 14.5 Å². The van der Waals surface area contributed by atoms with E-state index in [9.17, 15) is 13.6 Å². The number of hydrogen-bond donors (Lipinski definition) is 1. The number of carbonyl (C=O) groups excluding carboxylic acids is 1. The Balaban J connectivity index is 1.87. The summed E-state index contributed by atoms with van der Waals surface area (Å²) in [4.78, 5) is 16.7. The van der Waals surface area contributed by atoms with Crippen molar-refractivity contribution in [2.75, 3.05) is 5.32 Å². The molecular weight excluding hydrogens is 338 g/mol. The molecule has 0 bridgehead atoms. The first-order chi connectivity index (χ1) is 12.4. The first-order valence-electron chi connectivity index (χ1n) is 8.40. The van der Waals surface area contributed by atoms with E-state index >= 15 is 0 Å². The van der Waals surface area contributed by atoms with Crippen LogP contribution in [0.1, 0.15) is 35.9 Å². The van der Waals surface area contributed by atoms with Gasteiger partial charge in [0.2, 0.25) is 5.91 Å². The van der Waals surface area contributed by atoms with E-state index in [0.29, 0.717) is 28.1 Å². The molecule has 5 nitrogen and oxygen atoms in total. The highest BCUT2D eigenvalue weighted by Crippen LogP contribution is 2.29. The highest BCUT2D eigenvalue weighted by atomic mass is 19.3. The van der Waals surface area contributed by atoms with Gasteiger partial charge in [-0.05, 0) is 44.0 Å². The molecular formula is C19H20F2N4O. The Kier molecular flexibility index (Phi) is 4.97. The number of amides is 1. The summed E-state index contributed by atoms with van der Waals surface area (Å²) >= 11 is 0. The molecule has 0 aliphatic carbocycles. The molecule has 2 aromatic heterocycles. The Bertz CT molecular complexity index is 948. The summed E-state index contributed by atoms with van der Waals surface area (Å²) in [6, 6.07) is 8.92. The molecule has 136 valence electrons. The number of nitrogens with one attached hydrogen (secondary N) is 1. The minimum atomic E-state index is -2.62. The Morgan fingerprint density at radius 3 is 2.54 bits per heavy atom. The van der Waals surface area contributed by atoms with E-state index < -0.39 is 6.43 Å². The van der Waals surface area contributed by atoms with Crippen LogP contribution in [0.5, 0.6) is 0 Å². The fraction of sp³-hybridized carbons (Fsp3) is 0.316. The number of aromatic nitrogens is 3. The molecule has 7 heteroatoms. The lowest BCUT2D eigenvalue weighted by Gasteiger charge is -2.08. The van der Waals surface area contributed by atoms with Gasteiger partial charge in [0.1, 0.15) is 6.54 Å². The molecule has 0 radical (unpaired) electrons. The number of hydrogen-bond acceptors (Lipinski definition) is 3. The molecule has 3 aromatic rings. The molecule has 26 heavy (non-hydrogen) atoms. The van der Waals surface area contributed by atoms with E-state index in [0.717, 1.165) is 6.42 Å². The van der Waals surface area contributed by atoms with Crippen LogP contribution in [0.15, 0.2) is 30.3 Å². The van der Waals surface area contributed by atoms with Crippen LogP contribution < -0.4 is 5.32 Å². The number of halogens is 2. The Morgan fingerprint density at radius 2 is 1.92 bits per heavy atom. The van der Waals surface area contributed by atoms with Crippen LogP contribution in [0, 0.1) is 13.8 Å². The number of aryl methyl sites for hydroxylation is 3. The number of benzene rings is 1. The molecule has 0 saturated heterocycles. The average molecular weight is 358 g/mol. The number of alkyl halides is 2. The van der Waals surface area contributed by atoms with Crippen molar-refractivity contribution in [3.63, 3.8) is 0 Å². The van der Waals surface area contributed by atoms with Crippen molar-refractivity contribution >= 4 is 22.6 Å². The molecule has 2 heterocycles. The topological polar surface area (TPSA) is 59.8 Å². The maximum Gasteiger partial charge on any atom is 0.264 e. The molecule has 0 fully saturated rings. The smallest absolute Gasteiger partial charge is 0.264 e. The zero-order valence-electron chi connectivity index (χ0n) is 14.9. The highest BCUT2D eigenvalue weighted by molar-refractivity contribution is 5.92. The molecule has 0 aliphatic heterocycles. The van der Waals surface area contributed by atoms with Crippen LogP contribution in [0.2, 0.25) is 0 Å². The summed E-state index contributed by atoms with van der Waals surface area (Å²) in [5.74, 6) is -0.291. The van der Waals surface area contributed by atoms with Crippen molar-refractivity contribution in [1.29, 1.82) is 0 Å². The second-order valence-electron chi connectivity index (χ2n) is 6.19. The van der Waals surface area contributed by atoms with Crippen molar-refractivity contribution in [3.05, 3.63) is 52.8 Å². The summed E-state index contributed by atoms with van der Waals surface area (Å²) in [6.07, 6.45) is -1.70. The normalized spacial score (nSPS) is 11.3. The Labute approximate surface area is 150 Å². The average Bonchev–Trinajstić information content (AvgIpc) is 2.90. The van der Waals surface area contributed by atoms with Crippen LogP contribution in [-0.4, -0.2) is 20.7 Å². The maximum atomic E-state index is 13.3. The lowest BCUT2D eigenvalue weighted by atomic mass is 10.1. The van der Waals surface area contributed by atoms with Gasteiger partial charge < -0.3 is 5.32 Å². The van der Waals surface area contributed by atoms with Gasteiger partial charge in [0.05, 0.1) is 11.1 Å². The molecule has 1 aromatic carbocycles. The van der Waals surface area contributed by atoms with Gasteiger partial charge in [-0.1, -0.05) is 19.1 Å². The van der Waals surface area contributed by atoms with Crippen LogP contribution in [0.25, 0.3) is 11.0 Å². The highest BCUT2D eigenvalue weighted by Gasteiger charge is 2.20. The fourth-order valence-corrected chi connectivity index (χ4v) is 2.96. The summed E-state index contributed by atoms with van der Waals surface area (Å²) in [5, 5.41) is 7.35. The predicted molar refractivity (Wildman–Crippen MR) is 96.4 cm³/mol. The molecule has 1 N–H and O–H groups in total. The van der Waals surface area contributed by atoms with Gasteiger partial charge in [0.25, 0.3) is 6.43 Å². The second kappa shape index (κ2) is 7.19. The molecule has 0 aliphatic rings. The second-order valence-corrected chi connectivity index (χ2v) is 6.19. The lowest BCUT2D eigenvalue weighted by Crippen LogP contribution is -2.20. The van der Waals surface area contributed by atoms with Crippen LogP contribution >= 0.6 is 0 Å². The van der Waals surface area contributed by atoms with E-state index in [1.54, 1.807) is 13.8 Å². The first kappa shape index (κ1) is 18.0. The van der Waals surface area contributed by atoms with Crippen molar-refractivity contribution < 1.29 is 13.6 Å². The van der Waals surface area contributed by atoms with Gasteiger partial charge in [-0.2, -0.15) is 5.10 Å². The van der Waals surface area contributed by atoms with Crippen molar-refractivity contribution in [3.8, 4) is 0 Å². The van der Waals surface area contributed by atoms with E-state index in [-0.39, 0.29) is 18.0 Å².